The lowest BCUT2D eigenvalue weighted by molar-refractivity contribution is -0.130. The van der Waals surface area contributed by atoms with E-state index in [0.29, 0.717) is 12.2 Å². The summed E-state index contributed by atoms with van der Waals surface area (Å²) in [6.07, 6.45) is 6.71. The maximum atomic E-state index is 12.8. The van der Waals surface area contributed by atoms with Gasteiger partial charge in [-0.15, -0.1) is 0 Å². The number of benzene rings is 1. The molecule has 0 spiro atoms. The molecule has 1 saturated heterocycles. The van der Waals surface area contributed by atoms with E-state index in [1.165, 1.54) is 5.57 Å². The number of thioether (sulfide) groups is 1. The van der Waals surface area contributed by atoms with Crippen LogP contribution in [0.5, 0.6) is 5.75 Å². The smallest absolute Gasteiger partial charge is 0.258 e. The summed E-state index contributed by atoms with van der Waals surface area (Å²) in [6.45, 7) is 7.04. The fraction of sp³-hybridized carbons (Fsp3) is 0.565. The molecule has 2 amide bonds. The van der Waals surface area contributed by atoms with Gasteiger partial charge in [-0.3, -0.25) is 14.5 Å². The number of para-hydroxylation sites is 1. The van der Waals surface area contributed by atoms with Crippen LogP contribution in [-0.4, -0.2) is 67.0 Å². The fourth-order valence-electron chi connectivity index (χ4n) is 3.28. The summed E-state index contributed by atoms with van der Waals surface area (Å²) in [7, 11) is 0. The third-order valence-electron chi connectivity index (χ3n) is 5.07. The number of piperidine rings is 1. The van der Waals surface area contributed by atoms with Gasteiger partial charge >= 0.3 is 0 Å². The Morgan fingerprint density at radius 1 is 1.23 bits per heavy atom. The van der Waals surface area contributed by atoms with Crippen LogP contribution in [0.4, 0.5) is 0 Å². The number of nitrogens with zero attached hydrogens (tertiary/aromatic N) is 1. The summed E-state index contributed by atoms with van der Waals surface area (Å²) in [5, 5.41) is 5.99. The summed E-state index contributed by atoms with van der Waals surface area (Å²) in [6, 6.07) is 8.83. The van der Waals surface area contributed by atoms with Crippen molar-refractivity contribution in [3.05, 3.63) is 42.0 Å². The zero-order valence-corrected chi connectivity index (χ0v) is 19.2. The lowest BCUT2D eigenvalue weighted by Gasteiger charge is -2.32. The molecule has 0 aliphatic carbocycles. The number of amides is 2. The van der Waals surface area contributed by atoms with E-state index in [1.54, 1.807) is 23.9 Å². The van der Waals surface area contributed by atoms with Gasteiger partial charge in [-0.1, -0.05) is 29.8 Å². The molecule has 0 bridgehead atoms. The van der Waals surface area contributed by atoms with Gasteiger partial charge in [0.15, 0.2) is 6.61 Å². The summed E-state index contributed by atoms with van der Waals surface area (Å²) in [5.74, 6) is 1.06. The van der Waals surface area contributed by atoms with Gasteiger partial charge in [-0.05, 0) is 57.3 Å². The van der Waals surface area contributed by atoms with Gasteiger partial charge in [0, 0.05) is 25.7 Å². The molecule has 1 aliphatic rings. The predicted octanol–water partition coefficient (Wildman–Crippen LogP) is 2.85. The van der Waals surface area contributed by atoms with Crippen LogP contribution in [0.15, 0.2) is 42.0 Å². The SMILES string of the molecule is CSCCC(NC(=O)COc1ccccc1)C(=O)NC1CCN(CC=C(C)C)CC1. The molecule has 166 valence electrons. The lowest BCUT2D eigenvalue weighted by atomic mass is 10.0. The van der Waals surface area contributed by atoms with Crippen LogP contribution in [0.3, 0.4) is 0 Å². The number of hydrogen-bond donors (Lipinski definition) is 2. The van der Waals surface area contributed by atoms with Crippen LogP contribution in [0.25, 0.3) is 0 Å². The fourth-order valence-corrected chi connectivity index (χ4v) is 3.75. The summed E-state index contributed by atoms with van der Waals surface area (Å²) >= 11 is 1.66. The third kappa shape index (κ3) is 9.22. The minimum Gasteiger partial charge on any atom is -0.484 e. The standard InChI is InChI=1S/C23H35N3O3S/c1-18(2)9-13-26-14-10-19(11-15-26)24-23(28)21(12-16-30-3)25-22(27)17-29-20-7-5-4-6-8-20/h4-9,19,21H,10-17H2,1-3H3,(H,24,28)(H,25,27). The molecule has 7 heteroatoms. The molecule has 1 aromatic carbocycles. The van der Waals surface area contributed by atoms with E-state index >= 15 is 0 Å². The van der Waals surface area contributed by atoms with Crippen molar-refractivity contribution in [2.45, 2.75) is 45.2 Å². The first kappa shape index (κ1) is 24.3. The molecule has 0 aromatic heterocycles. The van der Waals surface area contributed by atoms with E-state index in [1.807, 2.05) is 24.5 Å². The Morgan fingerprint density at radius 2 is 1.93 bits per heavy atom. The number of nitrogens with one attached hydrogen (secondary N) is 2. The first-order valence-corrected chi connectivity index (χ1v) is 12.0. The van der Waals surface area contributed by atoms with Crippen LogP contribution in [-0.2, 0) is 9.59 Å². The van der Waals surface area contributed by atoms with Crippen molar-refractivity contribution in [2.24, 2.45) is 0 Å². The highest BCUT2D eigenvalue weighted by Crippen LogP contribution is 2.12. The van der Waals surface area contributed by atoms with Crippen molar-refractivity contribution in [1.29, 1.82) is 0 Å². The van der Waals surface area contributed by atoms with E-state index in [2.05, 4.69) is 35.5 Å². The zero-order valence-electron chi connectivity index (χ0n) is 18.4. The number of ether oxygens (including phenoxy) is 1. The molecule has 0 saturated carbocycles. The van der Waals surface area contributed by atoms with Gasteiger partial charge in [-0.2, -0.15) is 11.8 Å². The van der Waals surface area contributed by atoms with E-state index < -0.39 is 6.04 Å². The minimum atomic E-state index is -0.534. The Labute approximate surface area is 184 Å². The molecule has 30 heavy (non-hydrogen) atoms. The van der Waals surface area contributed by atoms with Crippen molar-refractivity contribution in [2.75, 3.05) is 38.2 Å². The molecule has 2 N–H and O–H groups in total. The van der Waals surface area contributed by atoms with Crippen LogP contribution in [0.2, 0.25) is 0 Å². The summed E-state index contributed by atoms with van der Waals surface area (Å²) in [4.78, 5) is 27.6. The second-order valence-electron chi connectivity index (χ2n) is 7.87. The average Bonchev–Trinajstić information content (AvgIpc) is 2.75. The van der Waals surface area contributed by atoms with Crippen molar-refractivity contribution in [3.8, 4) is 5.75 Å². The molecule has 1 heterocycles. The lowest BCUT2D eigenvalue weighted by Crippen LogP contribution is -2.53. The molecule has 1 aliphatic heterocycles. The Kier molecular flexibility index (Phi) is 10.8. The monoisotopic (exact) mass is 433 g/mol. The van der Waals surface area contributed by atoms with Crippen molar-refractivity contribution < 1.29 is 14.3 Å². The second-order valence-corrected chi connectivity index (χ2v) is 8.85. The Hall–Kier alpha value is -1.99. The third-order valence-corrected chi connectivity index (χ3v) is 5.71. The molecular formula is C23H35N3O3S. The number of carbonyl (C=O) groups is 2. The molecule has 2 rings (SSSR count). The van der Waals surface area contributed by atoms with E-state index in [0.717, 1.165) is 38.2 Å². The van der Waals surface area contributed by atoms with Crippen LogP contribution in [0.1, 0.15) is 33.1 Å². The number of hydrogen-bond acceptors (Lipinski definition) is 5. The molecule has 6 nitrogen and oxygen atoms in total. The quantitative estimate of drug-likeness (QED) is 0.525. The number of likely N-dealkylation sites (tertiary alicyclic amines) is 1. The van der Waals surface area contributed by atoms with Gasteiger partial charge in [-0.25, -0.2) is 0 Å². The van der Waals surface area contributed by atoms with Crippen molar-refractivity contribution in [3.63, 3.8) is 0 Å². The normalized spacial score (nSPS) is 15.8. The van der Waals surface area contributed by atoms with Gasteiger partial charge in [0.05, 0.1) is 0 Å². The topological polar surface area (TPSA) is 70.7 Å². The molecule has 1 atom stereocenters. The number of rotatable bonds is 11. The van der Waals surface area contributed by atoms with Crippen LogP contribution < -0.4 is 15.4 Å². The number of carbonyl (C=O) groups excluding carboxylic acids is 2. The Balaban J connectivity index is 1.80. The first-order chi connectivity index (χ1) is 14.5. The molecular weight excluding hydrogens is 398 g/mol. The van der Waals surface area contributed by atoms with E-state index in [4.69, 9.17) is 4.74 Å². The Morgan fingerprint density at radius 3 is 2.57 bits per heavy atom. The molecule has 1 fully saturated rings. The Bertz CT molecular complexity index is 684. The average molecular weight is 434 g/mol. The van der Waals surface area contributed by atoms with Gasteiger partial charge in [0.25, 0.3) is 5.91 Å². The second kappa shape index (κ2) is 13.3. The summed E-state index contributed by atoms with van der Waals surface area (Å²) in [5.41, 5.74) is 1.33. The first-order valence-electron chi connectivity index (χ1n) is 10.6. The highest BCUT2D eigenvalue weighted by molar-refractivity contribution is 7.98. The van der Waals surface area contributed by atoms with Crippen molar-refractivity contribution >= 4 is 23.6 Å². The van der Waals surface area contributed by atoms with Gasteiger partial charge in [0.2, 0.25) is 5.91 Å². The number of allylic oxidation sites excluding steroid dienone is 1. The van der Waals surface area contributed by atoms with Crippen LogP contribution in [0, 0.1) is 0 Å². The maximum absolute atomic E-state index is 12.8. The summed E-state index contributed by atoms with van der Waals surface area (Å²) < 4.78 is 5.50. The van der Waals surface area contributed by atoms with Crippen molar-refractivity contribution in [1.82, 2.24) is 15.5 Å². The van der Waals surface area contributed by atoms with E-state index in [9.17, 15) is 9.59 Å². The van der Waals surface area contributed by atoms with Gasteiger partial charge in [0.1, 0.15) is 11.8 Å². The van der Waals surface area contributed by atoms with Crippen LogP contribution >= 0.6 is 11.8 Å². The maximum Gasteiger partial charge on any atom is 0.258 e. The zero-order chi connectivity index (χ0) is 21.8. The van der Waals surface area contributed by atoms with E-state index in [-0.39, 0.29) is 24.5 Å². The minimum absolute atomic E-state index is 0.0974. The largest absolute Gasteiger partial charge is 0.484 e. The molecule has 1 unspecified atom stereocenters. The molecule has 1 aromatic rings. The highest BCUT2D eigenvalue weighted by atomic mass is 32.2. The predicted molar refractivity (Wildman–Crippen MR) is 124 cm³/mol. The highest BCUT2D eigenvalue weighted by Gasteiger charge is 2.25. The molecule has 0 radical (unpaired) electrons. The van der Waals surface area contributed by atoms with Gasteiger partial charge < -0.3 is 15.4 Å².